The first-order valence-electron chi connectivity index (χ1n) is 9.25. The minimum Gasteiger partial charge on any atom is -0.485 e. The van der Waals surface area contributed by atoms with Crippen LogP contribution in [0, 0.1) is 25.2 Å². The molecule has 9 heteroatoms. The summed E-state index contributed by atoms with van der Waals surface area (Å²) in [4.78, 5) is 12.2. The summed E-state index contributed by atoms with van der Waals surface area (Å²) in [6.45, 7) is 4.13. The van der Waals surface area contributed by atoms with E-state index in [1.165, 1.54) is 16.4 Å². The number of carbonyl (C=O) groups excluding carboxylic acids is 1. The first-order chi connectivity index (χ1) is 14.5. The number of nitrogens with one attached hydrogen (secondary N) is 1. The molecule has 8 nitrogen and oxygen atoms in total. The Labute approximate surface area is 179 Å². The number of aromatic nitrogens is 3. The van der Waals surface area contributed by atoms with Gasteiger partial charge in [0.1, 0.15) is 12.4 Å². The van der Waals surface area contributed by atoms with Crippen LogP contribution in [0.4, 0.5) is 5.69 Å². The van der Waals surface area contributed by atoms with Crippen LogP contribution < -0.4 is 15.9 Å². The van der Waals surface area contributed by atoms with Crippen LogP contribution in [0.25, 0.3) is 0 Å². The van der Waals surface area contributed by atoms with Crippen molar-refractivity contribution >= 4 is 23.4 Å². The second-order valence-corrected chi connectivity index (χ2v) is 7.59. The first-order valence-corrected chi connectivity index (χ1v) is 10.2. The van der Waals surface area contributed by atoms with Crippen molar-refractivity contribution in [2.45, 2.75) is 32.0 Å². The molecule has 1 aromatic heterocycles. The van der Waals surface area contributed by atoms with Gasteiger partial charge in [-0.1, -0.05) is 42.1 Å². The van der Waals surface area contributed by atoms with Gasteiger partial charge in [-0.15, -0.1) is 10.2 Å². The van der Waals surface area contributed by atoms with E-state index in [-0.39, 0.29) is 18.3 Å². The van der Waals surface area contributed by atoms with Gasteiger partial charge in [0.05, 0.1) is 18.2 Å². The first kappa shape index (κ1) is 21.2. The fourth-order valence-electron chi connectivity index (χ4n) is 2.79. The zero-order valence-corrected chi connectivity index (χ0v) is 17.6. The molecular weight excluding hydrogens is 400 g/mol. The summed E-state index contributed by atoms with van der Waals surface area (Å²) < 4.78 is 7.20. The van der Waals surface area contributed by atoms with Crippen molar-refractivity contribution in [3.05, 3.63) is 65.0 Å². The summed E-state index contributed by atoms with van der Waals surface area (Å²) in [5.41, 5.74) is 3.63. The number of carbonyl (C=O) groups is 1. The van der Waals surface area contributed by atoms with Crippen molar-refractivity contribution in [3.8, 4) is 11.8 Å². The zero-order valence-electron chi connectivity index (χ0n) is 16.8. The predicted molar refractivity (Wildman–Crippen MR) is 116 cm³/mol. The Morgan fingerprint density at radius 1 is 1.20 bits per heavy atom. The van der Waals surface area contributed by atoms with Gasteiger partial charge < -0.3 is 15.9 Å². The maximum Gasteiger partial charge on any atom is 0.234 e. The number of nitriles is 1. The normalized spacial score (nSPS) is 10.4. The second-order valence-electron chi connectivity index (χ2n) is 6.65. The molecule has 0 radical (unpaired) electrons. The number of para-hydroxylation sites is 1. The topological polar surface area (TPSA) is 119 Å². The van der Waals surface area contributed by atoms with Crippen molar-refractivity contribution in [2.75, 3.05) is 16.9 Å². The molecule has 154 valence electrons. The third kappa shape index (κ3) is 5.30. The predicted octanol–water partition coefficient (Wildman–Crippen LogP) is 2.98. The minimum atomic E-state index is -0.190. The van der Waals surface area contributed by atoms with E-state index in [4.69, 9.17) is 15.8 Å². The molecule has 3 N–H and O–H groups in total. The quantitative estimate of drug-likeness (QED) is 0.423. The number of amides is 1. The van der Waals surface area contributed by atoms with Crippen molar-refractivity contribution in [2.24, 2.45) is 0 Å². The number of ether oxygens (including phenoxy) is 1. The van der Waals surface area contributed by atoms with Gasteiger partial charge in [0.15, 0.2) is 5.82 Å². The van der Waals surface area contributed by atoms with E-state index in [9.17, 15) is 4.79 Å². The maximum atomic E-state index is 12.2. The van der Waals surface area contributed by atoms with Gasteiger partial charge >= 0.3 is 0 Å². The number of thioether (sulfide) groups is 1. The maximum absolute atomic E-state index is 12.2. The Bertz CT molecular complexity index is 1050. The molecule has 0 bridgehead atoms. The van der Waals surface area contributed by atoms with Gasteiger partial charge in [-0.2, -0.15) is 5.26 Å². The molecule has 0 unspecified atom stereocenters. The highest BCUT2D eigenvalue weighted by atomic mass is 32.2. The summed E-state index contributed by atoms with van der Waals surface area (Å²) in [6, 6.07) is 15.2. The fourth-order valence-corrected chi connectivity index (χ4v) is 3.47. The molecule has 3 aromatic rings. The summed E-state index contributed by atoms with van der Waals surface area (Å²) >= 11 is 1.19. The second kappa shape index (κ2) is 9.80. The van der Waals surface area contributed by atoms with Crippen LogP contribution in [0.5, 0.6) is 5.75 Å². The van der Waals surface area contributed by atoms with Crippen LogP contribution in [-0.2, 0) is 17.8 Å². The third-order valence-electron chi connectivity index (χ3n) is 4.34. The Morgan fingerprint density at radius 3 is 2.57 bits per heavy atom. The monoisotopic (exact) mass is 422 g/mol. The Balaban J connectivity index is 1.53. The van der Waals surface area contributed by atoms with Crippen molar-refractivity contribution < 1.29 is 9.53 Å². The SMILES string of the molecule is Cc1cccc(C)c1OCc1nnc(SCC(=O)Nc2ccc(CC#N)cc2)n1N. The number of rotatable bonds is 8. The third-order valence-corrected chi connectivity index (χ3v) is 5.29. The van der Waals surface area contributed by atoms with Gasteiger partial charge in [0.25, 0.3) is 0 Å². The van der Waals surface area contributed by atoms with E-state index >= 15 is 0 Å². The van der Waals surface area contributed by atoms with E-state index < -0.39 is 0 Å². The lowest BCUT2D eigenvalue weighted by Crippen LogP contribution is -2.18. The Morgan fingerprint density at radius 2 is 1.90 bits per heavy atom. The number of nitrogens with zero attached hydrogens (tertiary/aromatic N) is 4. The fraction of sp³-hybridized carbons (Fsp3) is 0.238. The molecule has 2 aromatic carbocycles. The van der Waals surface area contributed by atoms with Crippen LogP contribution in [0.3, 0.4) is 0 Å². The molecular formula is C21H22N6O2S. The smallest absolute Gasteiger partial charge is 0.234 e. The molecule has 0 saturated heterocycles. The standard InChI is InChI=1S/C21H22N6O2S/c1-14-4-3-5-15(2)20(14)29-12-18-25-26-21(27(18)23)30-13-19(28)24-17-8-6-16(7-9-17)10-11-22/h3-9H,10,12-13,23H2,1-2H3,(H,24,28). The van der Waals surface area contributed by atoms with Crippen molar-refractivity contribution in [1.29, 1.82) is 5.26 Å². The van der Waals surface area contributed by atoms with Gasteiger partial charge in [0, 0.05) is 5.69 Å². The molecule has 0 aliphatic carbocycles. The van der Waals surface area contributed by atoms with Gasteiger partial charge in [-0.05, 0) is 42.7 Å². The average Bonchev–Trinajstić information content (AvgIpc) is 3.07. The van der Waals surface area contributed by atoms with E-state index in [1.54, 1.807) is 12.1 Å². The summed E-state index contributed by atoms with van der Waals surface area (Å²) in [5, 5.41) is 20.0. The molecule has 1 heterocycles. The molecule has 0 fully saturated rings. The molecule has 0 aliphatic rings. The van der Waals surface area contributed by atoms with Crippen LogP contribution >= 0.6 is 11.8 Å². The Hall–Kier alpha value is -3.51. The molecule has 0 spiro atoms. The highest BCUT2D eigenvalue weighted by Crippen LogP contribution is 2.23. The molecule has 1 amide bonds. The number of hydrogen-bond donors (Lipinski definition) is 2. The number of aryl methyl sites for hydroxylation is 2. The van der Waals surface area contributed by atoms with Crippen molar-refractivity contribution in [3.63, 3.8) is 0 Å². The van der Waals surface area contributed by atoms with E-state index in [1.807, 2.05) is 44.2 Å². The lowest BCUT2D eigenvalue weighted by atomic mass is 10.1. The van der Waals surface area contributed by atoms with Gasteiger partial charge in [-0.25, -0.2) is 4.68 Å². The summed E-state index contributed by atoms with van der Waals surface area (Å²) in [7, 11) is 0. The largest absolute Gasteiger partial charge is 0.485 e. The van der Waals surface area contributed by atoms with Gasteiger partial charge in [0.2, 0.25) is 11.1 Å². The minimum absolute atomic E-state index is 0.132. The van der Waals surface area contributed by atoms with Crippen LogP contribution in [-0.4, -0.2) is 26.5 Å². The van der Waals surface area contributed by atoms with E-state index in [0.29, 0.717) is 23.1 Å². The number of nitrogens with two attached hydrogens (primary N) is 1. The van der Waals surface area contributed by atoms with Crippen molar-refractivity contribution in [1.82, 2.24) is 14.9 Å². The molecule has 0 aliphatic heterocycles. The van der Waals surface area contributed by atoms with E-state index in [2.05, 4.69) is 21.6 Å². The molecule has 0 saturated carbocycles. The number of anilines is 1. The molecule has 3 rings (SSSR count). The highest BCUT2D eigenvalue weighted by molar-refractivity contribution is 7.99. The molecule has 0 atom stereocenters. The lowest BCUT2D eigenvalue weighted by Gasteiger charge is -2.11. The lowest BCUT2D eigenvalue weighted by molar-refractivity contribution is -0.113. The van der Waals surface area contributed by atoms with Crippen LogP contribution in [0.2, 0.25) is 0 Å². The average molecular weight is 423 g/mol. The number of benzene rings is 2. The summed E-state index contributed by atoms with van der Waals surface area (Å²) in [5.74, 6) is 7.27. The number of nitrogen functional groups attached to an aromatic ring is 1. The Kier molecular flexibility index (Phi) is 6.93. The van der Waals surface area contributed by atoms with Crippen LogP contribution in [0.1, 0.15) is 22.5 Å². The van der Waals surface area contributed by atoms with E-state index in [0.717, 1.165) is 22.4 Å². The highest BCUT2D eigenvalue weighted by Gasteiger charge is 2.14. The number of hydrogen-bond acceptors (Lipinski definition) is 7. The summed E-state index contributed by atoms with van der Waals surface area (Å²) in [6.07, 6.45) is 0.339. The zero-order chi connectivity index (χ0) is 21.5. The van der Waals surface area contributed by atoms with Gasteiger partial charge in [-0.3, -0.25) is 4.79 Å². The molecule has 30 heavy (non-hydrogen) atoms. The van der Waals surface area contributed by atoms with Crippen LogP contribution in [0.15, 0.2) is 47.6 Å².